The molecule has 27 heavy (non-hydrogen) atoms. The third-order valence-corrected chi connectivity index (χ3v) is 5.07. The Kier molecular flexibility index (Phi) is 6.54. The number of methoxy groups -OCH3 is 1. The van der Waals surface area contributed by atoms with Gasteiger partial charge in [0, 0.05) is 23.0 Å². The van der Waals surface area contributed by atoms with E-state index in [4.69, 9.17) is 0 Å². The smallest absolute Gasteiger partial charge is 0.411 e. The summed E-state index contributed by atoms with van der Waals surface area (Å²) >= 11 is 0. The van der Waals surface area contributed by atoms with Crippen LogP contribution in [0.5, 0.6) is 0 Å². The zero-order valence-electron chi connectivity index (χ0n) is 15.1. The second kappa shape index (κ2) is 8.65. The van der Waals surface area contributed by atoms with E-state index in [1.807, 2.05) is 0 Å². The summed E-state index contributed by atoms with van der Waals surface area (Å²) in [5.41, 5.74) is 1.36. The molecule has 0 bridgehead atoms. The first-order valence-electron chi connectivity index (χ1n) is 8.10. The van der Waals surface area contributed by atoms with Crippen molar-refractivity contribution in [2.75, 3.05) is 17.7 Å². The third kappa shape index (κ3) is 5.80. The number of amides is 2. The van der Waals surface area contributed by atoms with Crippen molar-refractivity contribution in [2.45, 2.75) is 24.8 Å². The topological polar surface area (TPSA) is 114 Å². The summed E-state index contributed by atoms with van der Waals surface area (Å²) in [4.78, 5) is 23.5. The van der Waals surface area contributed by atoms with E-state index < -0.39 is 16.1 Å². The van der Waals surface area contributed by atoms with Gasteiger partial charge in [0.25, 0.3) is 5.91 Å². The van der Waals surface area contributed by atoms with Gasteiger partial charge in [-0.15, -0.1) is 0 Å². The first-order chi connectivity index (χ1) is 12.7. The summed E-state index contributed by atoms with van der Waals surface area (Å²) in [6.07, 6.45) is -0.589. The Morgan fingerprint density at radius 2 is 1.41 bits per heavy atom. The van der Waals surface area contributed by atoms with Gasteiger partial charge in [-0.25, -0.2) is 17.9 Å². The average molecular weight is 391 g/mol. The fraction of sp³-hybridized carbons (Fsp3) is 0.222. The van der Waals surface area contributed by atoms with Gasteiger partial charge >= 0.3 is 6.09 Å². The Labute approximate surface area is 158 Å². The standard InChI is InChI=1S/C18H21N3O5S/c1-12(2)21-27(24,25)16-10-4-13(5-11-16)17(22)19-14-6-8-15(9-7-14)20-18(23)26-3/h4-12,21H,1-3H3,(H,19,22)(H,20,23). The van der Waals surface area contributed by atoms with Crippen molar-refractivity contribution >= 4 is 33.4 Å². The van der Waals surface area contributed by atoms with Gasteiger partial charge in [-0.1, -0.05) is 0 Å². The maximum Gasteiger partial charge on any atom is 0.411 e. The van der Waals surface area contributed by atoms with Crippen molar-refractivity contribution in [3.8, 4) is 0 Å². The normalized spacial score (nSPS) is 11.1. The molecule has 0 radical (unpaired) electrons. The number of rotatable bonds is 6. The van der Waals surface area contributed by atoms with Gasteiger partial charge in [-0.05, 0) is 62.4 Å². The number of carbonyl (C=O) groups is 2. The summed E-state index contributed by atoms with van der Waals surface area (Å²) < 4.78 is 31.2. The van der Waals surface area contributed by atoms with Crippen LogP contribution < -0.4 is 15.4 Å². The molecule has 0 aromatic heterocycles. The molecular formula is C18H21N3O5S. The van der Waals surface area contributed by atoms with Crippen LogP contribution >= 0.6 is 0 Å². The minimum absolute atomic E-state index is 0.0889. The monoisotopic (exact) mass is 391 g/mol. The molecule has 8 nitrogen and oxygen atoms in total. The molecule has 144 valence electrons. The molecule has 0 fully saturated rings. The van der Waals surface area contributed by atoms with Gasteiger partial charge in [0.15, 0.2) is 0 Å². The van der Waals surface area contributed by atoms with Crippen LogP contribution in [0, 0.1) is 0 Å². The summed E-state index contributed by atoms with van der Waals surface area (Å²) in [5, 5.41) is 5.20. The van der Waals surface area contributed by atoms with E-state index in [-0.39, 0.29) is 16.8 Å². The summed E-state index contributed by atoms with van der Waals surface area (Å²) in [5.74, 6) is -0.385. The first kappa shape index (κ1) is 20.4. The lowest BCUT2D eigenvalue weighted by Gasteiger charge is -2.10. The molecule has 0 saturated carbocycles. The fourth-order valence-corrected chi connectivity index (χ4v) is 3.42. The van der Waals surface area contributed by atoms with Crippen molar-refractivity contribution in [2.24, 2.45) is 0 Å². The quantitative estimate of drug-likeness (QED) is 0.701. The second-order valence-electron chi connectivity index (χ2n) is 5.95. The number of hydrogen-bond acceptors (Lipinski definition) is 5. The van der Waals surface area contributed by atoms with Crippen LogP contribution in [0.2, 0.25) is 0 Å². The molecule has 0 aliphatic rings. The molecule has 0 spiro atoms. The Morgan fingerprint density at radius 1 is 0.889 bits per heavy atom. The third-order valence-electron chi connectivity index (χ3n) is 3.39. The number of anilines is 2. The van der Waals surface area contributed by atoms with Gasteiger partial charge in [-0.3, -0.25) is 10.1 Å². The minimum Gasteiger partial charge on any atom is -0.453 e. The molecule has 0 unspecified atom stereocenters. The lowest BCUT2D eigenvalue weighted by molar-refractivity contribution is 0.102. The SMILES string of the molecule is COC(=O)Nc1ccc(NC(=O)c2ccc(S(=O)(=O)NC(C)C)cc2)cc1. The number of nitrogens with one attached hydrogen (secondary N) is 3. The van der Waals surface area contributed by atoms with Crippen LogP contribution in [0.15, 0.2) is 53.4 Å². The largest absolute Gasteiger partial charge is 0.453 e. The number of benzene rings is 2. The highest BCUT2D eigenvalue weighted by Crippen LogP contribution is 2.16. The van der Waals surface area contributed by atoms with Gasteiger partial charge in [0.2, 0.25) is 10.0 Å². The second-order valence-corrected chi connectivity index (χ2v) is 7.66. The molecular weight excluding hydrogens is 370 g/mol. The molecule has 0 atom stereocenters. The Hall–Kier alpha value is -2.91. The van der Waals surface area contributed by atoms with E-state index in [2.05, 4.69) is 20.1 Å². The zero-order chi connectivity index (χ0) is 20.0. The van der Waals surface area contributed by atoms with Gasteiger partial charge in [-0.2, -0.15) is 0 Å². The highest BCUT2D eigenvalue weighted by molar-refractivity contribution is 7.89. The molecule has 2 rings (SSSR count). The average Bonchev–Trinajstić information content (AvgIpc) is 2.62. The van der Waals surface area contributed by atoms with Crippen molar-refractivity contribution in [1.82, 2.24) is 4.72 Å². The molecule has 0 saturated heterocycles. The predicted molar refractivity (Wildman–Crippen MR) is 102 cm³/mol. The fourth-order valence-electron chi connectivity index (χ4n) is 2.17. The number of ether oxygens (including phenoxy) is 1. The van der Waals surface area contributed by atoms with E-state index in [1.54, 1.807) is 38.1 Å². The Bertz CT molecular complexity index is 907. The molecule has 2 amide bonds. The van der Waals surface area contributed by atoms with E-state index in [9.17, 15) is 18.0 Å². The van der Waals surface area contributed by atoms with Crippen LogP contribution in [-0.4, -0.2) is 33.6 Å². The van der Waals surface area contributed by atoms with Crippen molar-refractivity contribution in [1.29, 1.82) is 0 Å². The summed E-state index contributed by atoms with van der Waals surface area (Å²) in [6.45, 7) is 3.46. The molecule has 2 aromatic carbocycles. The zero-order valence-corrected chi connectivity index (χ0v) is 16.0. The van der Waals surface area contributed by atoms with Gasteiger partial charge < -0.3 is 10.1 Å². The van der Waals surface area contributed by atoms with E-state index >= 15 is 0 Å². The highest BCUT2D eigenvalue weighted by Gasteiger charge is 2.16. The van der Waals surface area contributed by atoms with Crippen molar-refractivity contribution < 1.29 is 22.7 Å². The van der Waals surface area contributed by atoms with Crippen molar-refractivity contribution in [3.05, 3.63) is 54.1 Å². The highest BCUT2D eigenvalue weighted by atomic mass is 32.2. The minimum atomic E-state index is -3.60. The van der Waals surface area contributed by atoms with Crippen molar-refractivity contribution in [3.63, 3.8) is 0 Å². The number of carbonyl (C=O) groups excluding carboxylic acids is 2. The first-order valence-corrected chi connectivity index (χ1v) is 9.58. The predicted octanol–water partition coefficient (Wildman–Crippen LogP) is 2.80. The number of hydrogen-bond donors (Lipinski definition) is 3. The van der Waals surface area contributed by atoms with Gasteiger partial charge in [0.1, 0.15) is 0 Å². The molecule has 2 aromatic rings. The van der Waals surface area contributed by atoms with Crippen LogP contribution in [0.4, 0.5) is 16.2 Å². The summed E-state index contributed by atoms with van der Waals surface area (Å²) in [7, 11) is -2.34. The maximum atomic E-state index is 12.3. The maximum absolute atomic E-state index is 12.3. The Balaban J connectivity index is 2.05. The summed E-state index contributed by atoms with van der Waals surface area (Å²) in [6, 6.07) is 11.9. The molecule has 3 N–H and O–H groups in total. The Morgan fingerprint density at radius 3 is 1.89 bits per heavy atom. The van der Waals surface area contributed by atoms with Crippen LogP contribution in [0.25, 0.3) is 0 Å². The van der Waals surface area contributed by atoms with Crippen LogP contribution in [0.1, 0.15) is 24.2 Å². The van der Waals surface area contributed by atoms with E-state index in [1.165, 1.54) is 31.4 Å². The molecule has 0 aliphatic heterocycles. The van der Waals surface area contributed by atoms with Crippen LogP contribution in [-0.2, 0) is 14.8 Å². The van der Waals surface area contributed by atoms with Gasteiger partial charge in [0.05, 0.1) is 12.0 Å². The molecule has 9 heteroatoms. The van der Waals surface area contributed by atoms with Crippen LogP contribution in [0.3, 0.4) is 0 Å². The lowest BCUT2D eigenvalue weighted by atomic mass is 10.2. The molecule has 0 aliphatic carbocycles. The number of sulfonamides is 1. The van der Waals surface area contributed by atoms with E-state index in [0.29, 0.717) is 16.9 Å². The molecule has 0 heterocycles. The van der Waals surface area contributed by atoms with E-state index in [0.717, 1.165) is 0 Å². The lowest BCUT2D eigenvalue weighted by Crippen LogP contribution is -2.30.